The molecule has 0 unspecified atom stereocenters. The van der Waals surface area contributed by atoms with Gasteiger partial charge in [0, 0.05) is 5.56 Å². The third-order valence-electron chi connectivity index (χ3n) is 1.37. The predicted molar refractivity (Wildman–Crippen MR) is 49.0 cm³/mol. The molecule has 15 heavy (non-hydrogen) atoms. The minimum Gasteiger partial charge on any atom is -0.477 e. The van der Waals surface area contributed by atoms with Crippen molar-refractivity contribution in [2.75, 3.05) is 0 Å². The van der Waals surface area contributed by atoms with Gasteiger partial charge in [0.05, 0.1) is 0 Å². The van der Waals surface area contributed by atoms with Crippen LogP contribution in [0.4, 0.5) is 8.78 Å². The van der Waals surface area contributed by atoms with E-state index in [1.54, 1.807) is 0 Å². The standard InChI is InChI=1S/C7H6F2.C2H3NO3/c1-5-6(8)3-2-4-7(5)9;4-2(5)1-3-6/h2-4H,1H3;1,6H,(H,4,5)/b;3-1-. The van der Waals surface area contributed by atoms with E-state index in [0.29, 0.717) is 6.21 Å². The van der Waals surface area contributed by atoms with Crippen molar-refractivity contribution in [1.29, 1.82) is 0 Å². The second kappa shape index (κ2) is 6.47. The summed E-state index contributed by atoms with van der Waals surface area (Å²) in [5.41, 5.74) is 0.0810. The van der Waals surface area contributed by atoms with Crippen molar-refractivity contribution in [2.24, 2.45) is 5.16 Å². The van der Waals surface area contributed by atoms with Gasteiger partial charge in [0.15, 0.2) is 6.21 Å². The van der Waals surface area contributed by atoms with Gasteiger partial charge in [-0.3, -0.25) is 0 Å². The lowest BCUT2D eigenvalue weighted by atomic mass is 10.2. The van der Waals surface area contributed by atoms with Crippen molar-refractivity contribution in [1.82, 2.24) is 0 Å². The third-order valence-corrected chi connectivity index (χ3v) is 1.37. The fourth-order valence-electron chi connectivity index (χ4n) is 0.631. The zero-order valence-corrected chi connectivity index (χ0v) is 7.82. The Morgan fingerprint density at radius 3 is 2.07 bits per heavy atom. The summed E-state index contributed by atoms with van der Waals surface area (Å²) in [6.45, 7) is 1.41. The van der Waals surface area contributed by atoms with Crippen LogP contribution in [-0.2, 0) is 4.79 Å². The molecule has 0 fully saturated rings. The molecule has 0 amide bonds. The van der Waals surface area contributed by atoms with Crippen molar-refractivity contribution in [3.05, 3.63) is 35.4 Å². The Balaban J connectivity index is 0.000000288. The molecule has 0 aliphatic rings. The third kappa shape index (κ3) is 5.35. The average Bonchev–Trinajstić information content (AvgIpc) is 2.15. The molecule has 0 spiro atoms. The molecule has 1 aromatic rings. The lowest BCUT2D eigenvalue weighted by Gasteiger charge is -1.94. The molecule has 0 atom stereocenters. The summed E-state index contributed by atoms with van der Waals surface area (Å²) < 4.78 is 24.7. The SMILES string of the molecule is Cc1c(F)cccc1F.O=C(O)/C=N\O. The van der Waals surface area contributed by atoms with Crippen molar-refractivity contribution in [2.45, 2.75) is 6.92 Å². The van der Waals surface area contributed by atoms with Crippen molar-refractivity contribution in [3.8, 4) is 0 Å². The number of aliphatic carboxylic acids is 1. The van der Waals surface area contributed by atoms with Crippen LogP contribution in [-0.4, -0.2) is 22.5 Å². The zero-order chi connectivity index (χ0) is 11.8. The van der Waals surface area contributed by atoms with Gasteiger partial charge in [-0.15, -0.1) is 0 Å². The van der Waals surface area contributed by atoms with Crippen LogP contribution in [0, 0.1) is 18.6 Å². The Bertz CT molecular complexity index is 346. The van der Waals surface area contributed by atoms with E-state index in [4.69, 9.17) is 10.3 Å². The highest BCUT2D eigenvalue weighted by atomic mass is 19.1. The number of halogens is 2. The zero-order valence-electron chi connectivity index (χ0n) is 7.82. The van der Waals surface area contributed by atoms with E-state index < -0.39 is 17.6 Å². The summed E-state index contributed by atoms with van der Waals surface area (Å²) in [4.78, 5) is 9.29. The first-order valence-corrected chi connectivity index (χ1v) is 3.80. The van der Waals surface area contributed by atoms with Gasteiger partial charge in [0.2, 0.25) is 0 Å². The summed E-state index contributed by atoms with van der Waals surface area (Å²) in [5.74, 6) is -2.23. The van der Waals surface area contributed by atoms with Crippen LogP contribution in [0.1, 0.15) is 5.56 Å². The van der Waals surface area contributed by atoms with E-state index in [-0.39, 0.29) is 5.56 Å². The highest BCUT2D eigenvalue weighted by molar-refractivity contribution is 6.21. The fraction of sp³-hybridized carbons (Fsp3) is 0.111. The highest BCUT2D eigenvalue weighted by Gasteiger charge is 1.99. The Morgan fingerprint density at radius 2 is 1.87 bits per heavy atom. The number of nitrogens with zero attached hydrogens (tertiary/aromatic N) is 1. The molecule has 0 heterocycles. The monoisotopic (exact) mass is 217 g/mol. The molecule has 0 saturated carbocycles. The number of oxime groups is 1. The minimum atomic E-state index is -1.25. The Labute approximate surface area is 84.5 Å². The Kier molecular flexibility index (Phi) is 5.62. The van der Waals surface area contributed by atoms with Crippen LogP contribution in [0.15, 0.2) is 23.4 Å². The molecule has 4 nitrogen and oxygen atoms in total. The van der Waals surface area contributed by atoms with Gasteiger partial charge in [0.1, 0.15) is 11.6 Å². The molecular formula is C9H9F2NO3. The van der Waals surface area contributed by atoms with Crippen molar-refractivity contribution < 1.29 is 23.9 Å². The van der Waals surface area contributed by atoms with Crippen LogP contribution < -0.4 is 0 Å². The molecule has 0 aromatic heterocycles. The molecule has 0 aliphatic carbocycles. The van der Waals surface area contributed by atoms with Crippen LogP contribution in [0.25, 0.3) is 0 Å². The van der Waals surface area contributed by atoms with Gasteiger partial charge < -0.3 is 10.3 Å². The van der Waals surface area contributed by atoms with E-state index in [0.717, 1.165) is 0 Å². The lowest BCUT2D eigenvalue weighted by Crippen LogP contribution is -1.93. The smallest absolute Gasteiger partial charge is 0.350 e. The van der Waals surface area contributed by atoms with Gasteiger partial charge in [0.25, 0.3) is 0 Å². The number of hydrogen-bond donors (Lipinski definition) is 2. The van der Waals surface area contributed by atoms with E-state index in [1.165, 1.54) is 25.1 Å². The van der Waals surface area contributed by atoms with Crippen LogP contribution >= 0.6 is 0 Å². The first-order valence-electron chi connectivity index (χ1n) is 3.80. The second-order valence-electron chi connectivity index (χ2n) is 2.43. The summed E-state index contributed by atoms with van der Waals surface area (Å²) in [6, 6.07) is 3.81. The second-order valence-corrected chi connectivity index (χ2v) is 2.43. The minimum absolute atomic E-state index is 0.0810. The fourth-order valence-corrected chi connectivity index (χ4v) is 0.631. The number of carbonyl (C=O) groups is 1. The highest BCUT2D eigenvalue weighted by Crippen LogP contribution is 2.08. The van der Waals surface area contributed by atoms with Gasteiger partial charge >= 0.3 is 5.97 Å². The largest absolute Gasteiger partial charge is 0.477 e. The number of hydrogen-bond acceptors (Lipinski definition) is 3. The van der Waals surface area contributed by atoms with E-state index in [9.17, 15) is 13.6 Å². The Morgan fingerprint density at radius 1 is 1.40 bits per heavy atom. The molecule has 0 radical (unpaired) electrons. The molecular weight excluding hydrogens is 208 g/mol. The molecule has 0 saturated heterocycles. The molecule has 2 N–H and O–H groups in total. The first kappa shape index (κ1) is 13.0. The topological polar surface area (TPSA) is 69.9 Å². The number of carboxylic acids is 1. The molecule has 6 heteroatoms. The maximum Gasteiger partial charge on any atom is 0.350 e. The first-order chi connectivity index (χ1) is 6.99. The lowest BCUT2D eigenvalue weighted by molar-refractivity contribution is -0.128. The van der Waals surface area contributed by atoms with Crippen molar-refractivity contribution >= 4 is 12.2 Å². The molecule has 1 aromatic carbocycles. The molecule has 0 bridgehead atoms. The van der Waals surface area contributed by atoms with E-state index >= 15 is 0 Å². The molecule has 1 rings (SSSR count). The summed E-state index contributed by atoms with van der Waals surface area (Å²) in [7, 11) is 0. The average molecular weight is 217 g/mol. The molecule has 0 aliphatic heterocycles. The summed E-state index contributed by atoms with van der Waals surface area (Å²) >= 11 is 0. The van der Waals surface area contributed by atoms with Gasteiger partial charge in [-0.2, -0.15) is 0 Å². The van der Waals surface area contributed by atoms with Gasteiger partial charge in [-0.25, -0.2) is 13.6 Å². The number of carboxylic acid groups (broad SMARTS) is 1. The quantitative estimate of drug-likeness (QED) is 0.428. The van der Waals surface area contributed by atoms with Crippen LogP contribution in [0.2, 0.25) is 0 Å². The normalized spacial score (nSPS) is 9.53. The maximum atomic E-state index is 12.3. The van der Waals surface area contributed by atoms with E-state index in [2.05, 4.69) is 5.16 Å². The summed E-state index contributed by atoms with van der Waals surface area (Å²) in [5, 5.41) is 17.2. The van der Waals surface area contributed by atoms with Gasteiger partial charge in [-0.1, -0.05) is 11.2 Å². The number of benzene rings is 1. The van der Waals surface area contributed by atoms with E-state index in [1.807, 2.05) is 0 Å². The number of rotatable bonds is 1. The van der Waals surface area contributed by atoms with Crippen LogP contribution in [0.3, 0.4) is 0 Å². The Hall–Kier alpha value is -1.98. The predicted octanol–water partition coefficient (Wildman–Crippen LogP) is 1.80. The maximum absolute atomic E-state index is 12.3. The van der Waals surface area contributed by atoms with Gasteiger partial charge in [-0.05, 0) is 19.1 Å². The molecule has 82 valence electrons. The van der Waals surface area contributed by atoms with Crippen LogP contribution in [0.5, 0.6) is 0 Å². The van der Waals surface area contributed by atoms with Crippen molar-refractivity contribution in [3.63, 3.8) is 0 Å². The summed E-state index contributed by atoms with van der Waals surface area (Å²) in [6.07, 6.45) is 0.389.